The van der Waals surface area contributed by atoms with Gasteiger partial charge in [-0.3, -0.25) is 4.79 Å². The van der Waals surface area contributed by atoms with Crippen molar-refractivity contribution in [2.75, 3.05) is 0 Å². The van der Waals surface area contributed by atoms with Crippen LogP contribution in [-0.2, 0) is 6.54 Å². The lowest BCUT2D eigenvalue weighted by atomic mass is 10.2. The number of carbonyl (C=O) groups is 1. The first kappa shape index (κ1) is 16.1. The van der Waals surface area contributed by atoms with Crippen molar-refractivity contribution in [1.82, 2.24) is 15.3 Å². The molecule has 3 rings (SSSR count). The smallest absolute Gasteiger partial charge is 0.271 e. The van der Waals surface area contributed by atoms with Gasteiger partial charge in [0.05, 0.1) is 5.01 Å². The first-order valence-corrected chi connectivity index (χ1v) is 8.08. The van der Waals surface area contributed by atoms with Gasteiger partial charge in [0.1, 0.15) is 5.69 Å². The maximum absolute atomic E-state index is 13.7. The van der Waals surface area contributed by atoms with Crippen LogP contribution in [0.4, 0.5) is 4.39 Å². The molecule has 0 aliphatic rings. The molecule has 0 saturated heterocycles. The van der Waals surface area contributed by atoms with Gasteiger partial charge in [-0.05, 0) is 25.1 Å². The molecule has 3 aromatic rings. The number of nitrogens with zero attached hydrogens (tertiary/aromatic N) is 2. The molecule has 1 amide bonds. The summed E-state index contributed by atoms with van der Waals surface area (Å²) in [6.45, 7) is 2.04. The van der Waals surface area contributed by atoms with Gasteiger partial charge in [0, 0.05) is 23.7 Å². The van der Waals surface area contributed by atoms with Gasteiger partial charge >= 0.3 is 0 Å². The van der Waals surface area contributed by atoms with E-state index in [-0.39, 0.29) is 24.1 Å². The second kappa shape index (κ2) is 7.18. The third-order valence-electron chi connectivity index (χ3n) is 3.18. The Morgan fingerprint density at radius 2 is 2.12 bits per heavy atom. The maximum Gasteiger partial charge on any atom is 0.271 e. The van der Waals surface area contributed by atoms with Gasteiger partial charge in [-0.15, -0.1) is 11.3 Å². The second-order valence-electron chi connectivity index (χ2n) is 4.93. The molecule has 0 saturated carbocycles. The summed E-state index contributed by atoms with van der Waals surface area (Å²) in [7, 11) is 0. The van der Waals surface area contributed by atoms with E-state index in [1.165, 1.54) is 23.5 Å². The molecule has 7 heteroatoms. The minimum atomic E-state index is -0.476. The number of carbonyl (C=O) groups excluding carboxylic acids is 1. The zero-order chi connectivity index (χ0) is 16.9. The number of nitrogens with one attached hydrogen (secondary N) is 1. The highest BCUT2D eigenvalue weighted by Gasteiger charge is 2.12. The molecule has 5 nitrogen and oxygen atoms in total. The number of hydrogen-bond acceptors (Lipinski definition) is 5. The number of thiazole rings is 1. The SMILES string of the molecule is Cc1nc(C(=O)NCc2cccnc2Oc2ccccc2F)cs1. The monoisotopic (exact) mass is 343 g/mol. The van der Waals surface area contributed by atoms with Crippen molar-refractivity contribution < 1.29 is 13.9 Å². The van der Waals surface area contributed by atoms with Crippen LogP contribution in [0.2, 0.25) is 0 Å². The number of amides is 1. The van der Waals surface area contributed by atoms with E-state index in [9.17, 15) is 9.18 Å². The van der Waals surface area contributed by atoms with Gasteiger partial charge in [-0.25, -0.2) is 14.4 Å². The van der Waals surface area contributed by atoms with E-state index in [2.05, 4.69) is 15.3 Å². The molecule has 0 aliphatic carbocycles. The van der Waals surface area contributed by atoms with Gasteiger partial charge in [0.25, 0.3) is 5.91 Å². The zero-order valence-corrected chi connectivity index (χ0v) is 13.6. The zero-order valence-electron chi connectivity index (χ0n) is 12.8. The molecule has 1 N–H and O–H groups in total. The summed E-state index contributed by atoms with van der Waals surface area (Å²) in [5.74, 6) is -0.424. The van der Waals surface area contributed by atoms with E-state index in [0.717, 1.165) is 5.01 Å². The van der Waals surface area contributed by atoms with Crippen molar-refractivity contribution in [2.24, 2.45) is 0 Å². The van der Waals surface area contributed by atoms with Gasteiger partial charge < -0.3 is 10.1 Å². The Labute approximate surface area is 142 Å². The molecule has 0 aliphatic heterocycles. The normalized spacial score (nSPS) is 10.4. The lowest BCUT2D eigenvalue weighted by Crippen LogP contribution is -2.23. The molecule has 122 valence electrons. The van der Waals surface area contributed by atoms with E-state index < -0.39 is 5.82 Å². The second-order valence-corrected chi connectivity index (χ2v) is 6.00. The molecule has 0 unspecified atom stereocenters. The van der Waals surface area contributed by atoms with Crippen molar-refractivity contribution in [3.63, 3.8) is 0 Å². The highest BCUT2D eigenvalue weighted by Crippen LogP contribution is 2.25. The Morgan fingerprint density at radius 3 is 2.88 bits per heavy atom. The fourth-order valence-electron chi connectivity index (χ4n) is 2.02. The number of halogens is 1. The van der Waals surface area contributed by atoms with E-state index in [1.54, 1.807) is 35.8 Å². The van der Waals surface area contributed by atoms with Crippen molar-refractivity contribution in [2.45, 2.75) is 13.5 Å². The summed E-state index contributed by atoms with van der Waals surface area (Å²) >= 11 is 1.41. The van der Waals surface area contributed by atoms with E-state index in [1.807, 2.05) is 6.92 Å². The Hall–Kier alpha value is -2.80. The highest BCUT2D eigenvalue weighted by atomic mass is 32.1. The predicted molar refractivity (Wildman–Crippen MR) is 88.7 cm³/mol. The standard InChI is InChI=1S/C17H14FN3O2S/c1-11-21-14(10-24-11)16(22)20-9-12-5-4-8-19-17(12)23-15-7-3-2-6-13(15)18/h2-8,10H,9H2,1H3,(H,20,22). The summed E-state index contributed by atoms with van der Waals surface area (Å²) < 4.78 is 19.2. The number of hydrogen-bond donors (Lipinski definition) is 1. The Kier molecular flexibility index (Phi) is 4.81. The molecule has 0 bridgehead atoms. The molecule has 1 aromatic carbocycles. The summed E-state index contributed by atoms with van der Waals surface area (Å²) in [6, 6.07) is 9.57. The van der Waals surface area contributed by atoms with Crippen molar-refractivity contribution in [3.8, 4) is 11.6 Å². The fourth-order valence-corrected chi connectivity index (χ4v) is 2.61. The number of benzene rings is 1. The lowest BCUT2D eigenvalue weighted by molar-refractivity contribution is 0.0946. The number of ether oxygens (including phenoxy) is 1. The first-order valence-electron chi connectivity index (χ1n) is 7.20. The Bertz CT molecular complexity index is 866. The minimum absolute atomic E-state index is 0.0823. The Morgan fingerprint density at radius 1 is 1.29 bits per heavy atom. The van der Waals surface area contributed by atoms with Gasteiger partial charge in [-0.1, -0.05) is 18.2 Å². The van der Waals surface area contributed by atoms with Crippen molar-refractivity contribution >= 4 is 17.2 Å². The number of aromatic nitrogens is 2. The average molecular weight is 343 g/mol. The average Bonchev–Trinajstić information content (AvgIpc) is 3.02. The minimum Gasteiger partial charge on any atom is -0.436 e. The summed E-state index contributed by atoms with van der Waals surface area (Å²) in [5, 5.41) is 5.28. The summed E-state index contributed by atoms with van der Waals surface area (Å²) in [5.41, 5.74) is 1.01. The molecule has 0 radical (unpaired) electrons. The topological polar surface area (TPSA) is 64.1 Å². The molecular weight excluding hydrogens is 329 g/mol. The van der Waals surface area contributed by atoms with E-state index in [0.29, 0.717) is 11.3 Å². The van der Waals surface area contributed by atoms with Crippen LogP contribution in [0.5, 0.6) is 11.6 Å². The number of aryl methyl sites for hydroxylation is 1. The van der Waals surface area contributed by atoms with Crippen molar-refractivity contribution in [3.05, 3.63) is 70.1 Å². The van der Waals surface area contributed by atoms with Crippen LogP contribution in [0, 0.1) is 12.7 Å². The summed E-state index contributed by atoms with van der Waals surface area (Å²) in [4.78, 5) is 20.3. The fraction of sp³-hybridized carbons (Fsp3) is 0.118. The lowest BCUT2D eigenvalue weighted by Gasteiger charge is -2.10. The van der Waals surface area contributed by atoms with E-state index >= 15 is 0 Å². The summed E-state index contributed by atoms with van der Waals surface area (Å²) in [6.07, 6.45) is 1.55. The number of para-hydroxylation sites is 1. The van der Waals surface area contributed by atoms with Crippen LogP contribution in [0.1, 0.15) is 21.1 Å². The third-order valence-corrected chi connectivity index (χ3v) is 3.96. The number of rotatable bonds is 5. The van der Waals surface area contributed by atoms with Crippen LogP contribution in [0.15, 0.2) is 48.0 Å². The Balaban J connectivity index is 1.72. The van der Waals surface area contributed by atoms with Gasteiger partial charge in [0.2, 0.25) is 5.88 Å². The highest BCUT2D eigenvalue weighted by molar-refractivity contribution is 7.09. The molecule has 0 fully saturated rings. The molecular formula is C17H14FN3O2S. The molecule has 2 aromatic heterocycles. The van der Waals surface area contributed by atoms with Crippen molar-refractivity contribution in [1.29, 1.82) is 0 Å². The maximum atomic E-state index is 13.7. The van der Waals surface area contributed by atoms with Crippen LogP contribution < -0.4 is 10.1 Å². The molecule has 24 heavy (non-hydrogen) atoms. The van der Waals surface area contributed by atoms with Crippen LogP contribution in [0.25, 0.3) is 0 Å². The first-order chi connectivity index (χ1) is 11.6. The number of pyridine rings is 1. The van der Waals surface area contributed by atoms with Crippen LogP contribution in [0.3, 0.4) is 0 Å². The molecule has 2 heterocycles. The van der Waals surface area contributed by atoms with Gasteiger partial charge in [-0.2, -0.15) is 0 Å². The predicted octanol–water partition coefficient (Wildman–Crippen LogP) is 3.71. The largest absolute Gasteiger partial charge is 0.436 e. The quantitative estimate of drug-likeness (QED) is 0.767. The van der Waals surface area contributed by atoms with Crippen LogP contribution >= 0.6 is 11.3 Å². The van der Waals surface area contributed by atoms with Gasteiger partial charge in [0.15, 0.2) is 11.6 Å². The third kappa shape index (κ3) is 3.75. The van der Waals surface area contributed by atoms with Crippen LogP contribution in [-0.4, -0.2) is 15.9 Å². The molecule has 0 atom stereocenters. The van der Waals surface area contributed by atoms with E-state index in [4.69, 9.17) is 4.74 Å². The molecule has 0 spiro atoms.